The third-order valence-electron chi connectivity index (χ3n) is 4.84. The van der Waals surface area contributed by atoms with E-state index in [1.54, 1.807) is 0 Å². The van der Waals surface area contributed by atoms with Crippen LogP contribution in [0.4, 0.5) is 0 Å². The summed E-state index contributed by atoms with van der Waals surface area (Å²) >= 11 is 0. The lowest BCUT2D eigenvalue weighted by molar-refractivity contribution is -0.124. The minimum absolute atomic E-state index is 0.000301. The van der Waals surface area contributed by atoms with Gasteiger partial charge < -0.3 is 5.32 Å². The topological polar surface area (TPSA) is 29.1 Å². The standard InChI is InChI=1S/C22H27NO/c1-15-8-6-10-17(12-15)22(18-11-7-9-16(2)13-18)14-19(22)20(24)23-21(3,4)5/h6-13,19H,14H2,1-5H3,(H,23,24). The Balaban J connectivity index is 2.03. The maximum Gasteiger partial charge on any atom is 0.224 e. The second kappa shape index (κ2) is 5.77. The minimum Gasteiger partial charge on any atom is -0.351 e. The Bertz CT molecular complexity index is 724. The minimum atomic E-state index is -0.204. The van der Waals surface area contributed by atoms with Crippen molar-refractivity contribution >= 4 is 5.91 Å². The van der Waals surface area contributed by atoms with Gasteiger partial charge in [0.15, 0.2) is 0 Å². The Kier molecular flexibility index (Phi) is 4.03. The third kappa shape index (κ3) is 3.10. The average molecular weight is 321 g/mol. The lowest BCUT2D eigenvalue weighted by Crippen LogP contribution is -2.42. The van der Waals surface area contributed by atoms with E-state index < -0.39 is 0 Å². The summed E-state index contributed by atoms with van der Waals surface area (Å²) in [5.41, 5.74) is 4.59. The molecule has 0 radical (unpaired) electrons. The van der Waals surface area contributed by atoms with E-state index in [1.165, 1.54) is 22.3 Å². The van der Waals surface area contributed by atoms with Crippen LogP contribution in [0.1, 0.15) is 49.4 Å². The fourth-order valence-corrected chi connectivity index (χ4v) is 3.69. The zero-order chi connectivity index (χ0) is 17.5. The fraction of sp³-hybridized carbons (Fsp3) is 0.409. The number of nitrogens with one attached hydrogen (secondary N) is 1. The van der Waals surface area contributed by atoms with Crippen molar-refractivity contribution < 1.29 is 4.79 Å². The molecule has 0 aliphatic heterocycles. The molecular formula is C22H27NO. The highest BCUT2D eigenvalue weighted by molar-refractivity contribution is 5.86. The summed E-state index contributed by atoms with van der Waals surface area (Å²) in [5, 5.41) is 3.17. The van der Waals surface area contributed by atoms with Gasteiger partial charge in [0.1, 0.15) is 0 Å². The van der Waals surface area contributed by atoms with E-state index in [9.17, 15) is 4.79 Å². The molecular weight excluding hydrogens is 294 g/mol. The van der Waals surface area contributed by atoms with Gasteiger partial charge >= 0.3 is 0 Å². The number of benzene rings is 2. The van der Waals surface area contributed by atoms with Gasteiger partial charge in [0.05, 0.1) is 5.92 Å². The van der Waals surface area contributed by atoms with Crippen LogP contribution in [0.15, 0.2) is 48.5 Å². The Labute approximate surface area is 145 Å². The summed E-state index contributed by atoms with van der Waals surface area (Å²) in [6.45, 7) is 10.3. The number of hydrogen-bond donors (Lipinski definition) is 1. The average Bonchev–Trinajstić information content (AvgIpc) is 3.22. The second-order valence-corrected chi connectivity index (χ2v) is 8.21. The van der Waals surface area contributed by atoms with Crippen molar-refractivity contribution in [2.75, 3.05) is 0 Å². The number of hydrogen-bond acceptors (Lipinski definition) is 1. The van der Waals surface area contributed by atoms with Crippen LogP contribution in [0, 0.1) is 19.8 Å². The Morgan fingerprint density at radius 2 is 1.50 bits per heavy atom. The second-order valence-electron chi connectivity index (χ2n) is 8.21. The van der Waals surface area contributed by atoms with Crippen LogP contribution in [0.2, 0.25) is 0 Å². The highest BCUT2D eigenvalue weighted by Crippen LogP contribution is 2.59. The molecule has 0 spiro atoms. The first-order chi connectivity index (χ1) is 11.2. The molecule has 0 heterocycles. The van der Waals surface area contributed by atoms with Crippen molar-refractivity contribution in [2.24, 2.45) is 5.92 Å². The van der Waals surface area contributed by atoms with Gasteiger partial charge in [-0.25, -0.2) is 0 Å². The van der Waals surface area contributed by atoms with Crippen molar-refractivity contribution in [3.05, 3.63) is 70.8 Å². The van der Waals surface area contributed by atoms with Crippen LogP contribution < -0.4 is 5.32 Å². The van der Waals surface area contributed by atoms with Gasteiger partial charge in [-0.1, -0.05) is 59.7 Å². The summed E-state index contributed by atoms with van der Waals surface area (Å²) in [5.74, 6) is 0.158. The Morgan fingerprint density at radius 3 is 1.92 bits per heavy atom. The van der Waals surface area contributed by atoms with Crippen LogP contribution >= 0.6 is 0 Å². The summed E-state index contributed by atoms with van der Waals surface area (Å²) in [4.78, 5) is 12.8. The summed E-state index contributed by atoms with van der Waals surface area (Å²) in [6, 6.07) is 17.2. The van der Waals surface area contributed by atoms with E-state index in [0.29, 0.717) is 0 Å². The Hall–Kier alpha value is -2.09. The zero-order valence-corrected chi connectivity index (χ0v) is 15.3. The van der Waals surface area contributed by atoms with E-state index in [-0.39, 0.29) is 22.8 Å². The molecule has 1 N–H and O–H groups in total. The smallest absolute Gasteiger partial charge is 0.224 e. The molecule has 2 aromatic carbocycles. The van der Waals surface area contributed by atoms with Crippen LogP contribution in [-0.4, -0.2) is 11.4 Å². The van der Waals surface area contributed by atoms with E-state index >= 15 is 0 Å². The molecule has 0 aromatic heterocycles. The van der Waals surface area contributed by atoms with Crippen LogP contribution in [0.25, 0.3) is 0 Å². The number of carbonyl (C=O) groups is 1. The van der Waals surface area contributed by atoms with Crippen LogP contribution in [0.5, 0.6) is 0 Å². The van der Waals surface area contributed by atoms with Gasteiger partial charge in [0, 0.05) is 11.0 Å². The van der Waals surface area contributed by atoms with Crippen molar-refractivity contribution in [2.45, 2.75) is 52.0 Å². The molecule has 0 bridgehead atoms. The maximum absolute atomic E-state index is 12.8. The number of carbonyl (C=O) groups excluding carboxylic acids is 1. The first-order valence-electron chi connectivity index (χ1n) is 8.69. The summed E-state index contributed by atoms with van der Waals surface area (Å²) in [6.07, 6.45) is 0.877. The van der Waals surface area contributed by atoms with Gasteiger partial charge in [-0.3, -0.25) is 4.79 Å². The molecule has 3 rings (SSSR count). The monoisotopic (exact) mass is 321 g/mol. The highest BCUT2D eigenvalue weighted by atomic mass is 16.2. The molecule has 1 aliphatic rings. The molecule has 126 valence electrons. The van der Waals surface area contributed by atoms with Gasteiger partial charge in [-0.15, -0.1) is 0 Å². The van der Waals surface area contributed by atoms with Crippen molar-refractivity contribution in [3.63, 3.8) is 0 Å². The quantitative estimate of drug-likeness (QED) is 0.884. The van der Waals surface area contributed by atoms with Crippen molar-refractivity contribution in [3.8, 4) is 0 Å². The molecule has 1 unspecified atom stereocenters. The third-order valence-corrected chi connectivity index (χ3v) is 4.84. The predicted molar refractivity (Wildman–Crippen MR) is 99.1 cm³/mol. The predicted octanol–water partition coefficient (Wildman–Crippen LogP) is 4.52. The SMILES string of the molecule is Cc1cccc(C2(c3cccc(C)c3)CC2C(=O)NC(C)(C)C)c1. The van der Waals surface area contributed by atoms with Gasteiger partial charge in [0.25, 0.3) is 0 Å². The molecule has 1 amide bonds. The van der Waals surface area contributed by atoms with Gasteiger partial charge in [-0.2, -0.15) is 0 Å². The van der Waals surface area contributed by atoms with E-state index in [2.05, 4.69) is 67.7 Å². The number of amides is 1. The van der Waals surface area contributed by atoms with Crippen molar-refractivity contribution in [1.82, 2.24) is 5.32 Å². The lowest BCUT2D eigenvalue weighted by Gasteiger charge is -2.24. The Morgan fingerprint density at radius 1 is 1.00 bits per heavy atom. The molecule has 24 heavy (non-hydrogen) atoms. The fourth-order valence-electron chi connectivity index (χ4n) is 3.69. The largest absolute Gasteiger partial charge is 0.351 e. The molecule has 0 saturated heterocycles. The molecule has 2 aromatic rings. The van der Waals surface area contributed by atoms with E-state index in [1.807, 2.05) is 20.8 Å². The van der Waals surface area contributed by atoms with E-state index in [0.717, 1.165) is 6.42 Å². The first-order valence-corrected chi connectivity index (χ1v) is 8.69. The number of aryl methyl sites for hydroxylation is 2. The summed E-state index contributed by atoms with van der Waals surface area (Å²) < 4.78 is 0. The molecule has 1 saturated carbocycles. The van der Waals surface area contributed by atoms with Crippen LogP contribution in [-0.2, 0) is 10.2 Å². The molecule has 2 heteroatoms. The van der Waals surface area contributed by atoms with E-state index in [4.69, 9.17) is 0 Å². The normalized spacial score (nSPS) is 19.0. The highest BCUT2D eigenvalue weighted by Gasteiger charge is 2.60. The maximum atomic E-state index is 12.8. The van der Waals surface area contributed by atoms with Gasteiger partial charge in [0.2, 0.25) is 5.91 Å². The molecule has 1 atom stereocenters. The molecule has 1 aliphatic carbocycles. The first kappa shape index (κ1) is 16.8. The lowest BCUT2D eigenvalue weighted by atomic mass is 9.84. The zero-order valence-electron chi connectivity index (χ0n) is 15.3. The summed E-state index contributed by atoms with van der Waals surface area (Å²) in [7, 11) is 0. The molecule has 1 fully saturated rings. The van der Waals surface area contributed by atoms with Crippen molar-refractivity contribution in [1.29, 1.82) is 0 Å². The molecule has 2 nitrogen and oxygen atoms in total. The number of rotatable bonds is 3. The van der Waals surface area contributed by atoms with Gasteiger partial charge in [-0.05, 0) is 52.2 Å². The van der Waals surface area contributed by atoms with Crippen LogP contribution in [0.3, 0.4) is 0 Å².